The molecular formula is C14H24N2. The van der Waals surface area contributed by atoms with Gasteiger partial charge in [0.1, 0.15) is 0 Å². The molecule has 0 amide bonds. The highest BCUT2D eigenvalue weighted by Gasteiger charge is 2.18. The first kappa shape index (κ1) is 13.2. The van der Waals surface area contributed by atoms with E-state index in [1.807, 2.05) is 18.5 Å². The molecule has 1 heterocycles. The Morgan fingerprint density at radius 1 is 1.38 bits per heavy atom. The van der Waals surface area contributed by atoms with Crippen molar-refractivity contribution in [3.63, 3.8) is 0 Å². The highest BCUT2D eigenvalue weighted by molar-refractivity contribution is 5.10. The molecule has 2 heteroatoms. The Bertz CT molecular complexity index is 287. The quantitative estimate of drug-likeness (QED) is 0.825. The van der Waals surface area contributed by atoms with Gasteiger partial charge in [-0.15, -0.1) is 0 Å². The topological polar surface area (TPSA) is 24.9 Å². The first-order valence-electron chi connectivity index (χ1n) is 6.13. The van der Waals surface area contributed by atoms with Crippen LogP contribution in [0.4, 0.5) is 0 Å². The van der Waals surface area contributed by atoms with Gasteiger partial charge in [-0.25, -0.2) is 0 Å². The lowest BCUT2D eigenvalue weighted by atomic mass is 9.86. The fourth-order valence-corrected chi connectivity index (χ4v) is 2.05. The van der Waals surface area contributed by atoms with Gasteiger partial charge in [-0.05, 0) is 36.4 Å². The predicted molar refractivity (Wildman–Crippen MR) is 69.5 cm³/mol. The van der Waals surface area contributed by atoms with Crippen LogP contribution in [0.2, 0.25) is 0 Å². The van der Waals surface area contributed by atoms with Crippen molar-refractivity contribution < 1.29 is 0 Å². The minimum atomic E-state index is 0.370. The maximum absolute atomic E-state index is 4.17. The number of pyridine rings is 1. The standard InChI is InChI=1S/C14H24N2/c1-5-16-13(10-14(2,3)4)9-12-7-6-8-15-11-12/h6-8,11,13,16H,5,9-10H2,1-4H3. The second-order valence-corrected chi connectivity index (χ2v) is 5.58. The molecular weight excluding hydrogens is 196 g/mol. The third-order valence-corrected chi connectivity index (χ3v) is 2.56. The number of nitrogens with one attached hydrogen (secondary N) is 1. The average molecular weight is 220 g/mol. The van der Waals surface area contributed by atoms with E-state index in [4.69, 9.17) is 0 Å². The average Bonchev–Trinajstić information content (AvgIpc) is 2.17. The minimum absolute atomic E-state index is 0.370. The number of nitrogens with zero attached hydrogens (tertiary/aromatic N) is 1. The van der Waals surface area contributed by atoms with E-state index < -0.39 is 0 Å². The Balaban J connectivity index is 2.58. The van der Waals surface area contributed by atoms with E-state index in [2.05, 4.69) is 44.1 Å². The van der Waals surface area contributed by atoms with Crippen LogP contribution in [-0.2, 0) is 6.42 Å². The maximum Gasteiger partial charge on any atom is 0.0300 e. The molecule has 0 fully saturated rings. The lowest BCUT2D eigenvalue weighted by Gasteiger charge is -2.26. The molecule has 1 aromatic rings. The molecule has 0 aliphatic carbocycles. The van der Waals surface area contributed by atoms with Crippen LogP contribution < -0.4 is 5.32 Å². The normalized spacial score (nSPS) is 13.8. The van der Waals surface area contributed by atoms with Crippen LogP contribution in [0.1, 0.15) is 39.7 Å². The van der Waals surface area contributed by atoms with Gasteiger partial charge in [0.15, 0.2) is 0 Å². The van der Waals surface area contributed by atoms with Gasteiger partial charge in [0.05, 0.1) is 0 Å². The molecule has 2 nitrogen and oxygen atoms in total. The molecule has 0 aliphatic heterocycles. The number of rotatable bonds is 5. The second-order valence-electron chi connectivity index (χ2n) is 5.58. The predicted octanol–water partition coefficient (Wildman–Crippen LogP) is 3.04. The molecule has 16 heavy (non-hydrogen) atoms. The molecule has 1 aromatic heterocycles. The van der Waals surface area contributed by atoms with E-state index in [1.54, 1.807) is 0 Å². The van der Waals surface area contributed by atoms with Crippen molar-refractivity contribution in [3.8, 4) is 0 Å². The van der Waals surface area contributed by atoms with E-state index in [1.165, 1.54) is 12.0 Å². The van der Waals surface area contributed by atoms with Crippen LogP contribution in [0.3, 0.4) is 0 Å². The maximum atomic E-state index is 4.17. The molecule has 0 spiro atoms. The number of aromatic nitrogens is 1. The Morgan fingerprint density at radius 2 is 2.12 bits per heavy atom. The van der Waals surface area contributed by atoms with Crippen molar-refractivity contribution in [2.24, 2.45) is 5.41 Å². The van der Waals surface area contributed by atoms with E-state index in [0.29, 0.717) is 11.5 Å². The minimum Gasteiger partial charge on any atom is -0.314 e. The lowest BCUT2D eigenvalue weighted by molar-refractivity contribution is 0.309. The summed E-state index contributed by atoms with van der Waals surface area (Å²) in [4.78, 5) is 4.17. The summed E-state index contributed by atoms with van der Waals surface area (Å²) in [6.07, 6.45) is 6.05. The molecule has 1 unspecified atom stereocenters. The van der Waals surface area contributed by atoms with Crippen LogP contribution in [-0.4, -0.2) is 17.6 Å². The van der Waals surface area contributed by atoms with Gasteiger partial charge >= 0.3 is 0 Å². The van der Waals surface area contributed by atoms with Crippen molar-refractivity contribution >= 4 is 0 Å². The van der Waals surface area contributed by atoms with E-state index in [-0.39, 0.29) is 0 Å². The Labute approximate surface area is 99.5 Å². The van der Waals surface area contributed by atoms with Gasteiger partial charge < -0.3 is 5.32 Å². The summed E-state index contributed by atoms with van der Waals surface area (Å²) in [6, 6.07) is 4.71. The highest BCUT2D eigenvalue weighted by atomic mass is 14.9. The largest absolute Gasteiger partial charge is 0.314 e. The summed E-state index contributed by atoms with van der Waals surface area (Å²) in [7, 11) is 0. The SMILES string of the molecule is CCNC(Cc1cccnc1)CC(C)(C)C. The lowest BCUT2D eigenvalue weighted by Crippen LogP contribution is -2.34. The van der Waals surface area contributed by atoms with Crippen molar-refractivity contribution in [1.82, 2.24) is 10.3 Å². The van der Waals surface area contributed by atoms with E-state index in [9.17, 15) is 0 Å². The van der Waals surface area contributed by atoms with Gasteiger partial charge in [0.2, 0.25) is 0 Å². The molecule has 0 saturated carbocycles. The van der Waals surface area contributed by atoms with Crippen LogP contribution >= 0.6 is 0 Å². The van der Waals surface area contributed by atoms with Crippen LogP contribution in [0.15, 0.2) is 24.5 Å². The highest BCUT2D eigenvalue weighted by Crippen LogP contribution is 2.22. The third kappa shape index (κ3) is 5.26. The Hall–Kier alpha value is -0.890. The van der Waals surface area contributed by atoms with Crippen LogP contribution in [0.5, 0.6) is 0 Å². The summed E-state index contributed by atoms with van der Waals surface area (Å²) in [5.74, 6) is 0. The van der Waals surface area contributed by atoms with Gasteiger partial charge in [0, 0.05) is 18.4 Å². The first-order chi connectivity index (χ1) is 7.51. The summed E-state index contributed by atoms with van der Waals surface area (Å²) >= 11 is 0. The van der Waals surface area contributed by atoms with Gasteiger partial charge in [-0.1, -0.05) is 33.8 Å². The van der Waals surface area contributed by atoms with Crippen LogP contribution in [0, 0.1) is 5.41 Å². The zero-order valence-electron chi connectivity index (χ0n) is 11.0. The zero-order chi connectivity index (χ0) is 12.0. The van der Waals surface area contributed by atoms with Crippen molar-refractivity contribution in [3.05, 3.63) is 30.1 Å². The summed E-state index contributed by atoms with van der Waals surface area (Å²) in [5.41, 5.74) is 1.69. The molecule has 0 aromatic carbocycles. The van der Waals surface area contributed by atoms with Crippen molar-refractivity contribution in [2.45, 2.75) is 46.6 Å². The Kier molecular flexibility index (Phi) is 4.94. The fourth-order valence-electron chi connectivity index (χ4n) is 2.05. The number of likely N-dealkylation sites (N-methyl/N-ethyl adjacent to an activating group) is 1. The summed E-state index contributed by atoms with van der Waals surface area (Å²) < 4.78 is 0. The smallest absolute Gasteiger partial charge is 0.0300 e. The van der Waals surface area contributed by atoms with Gasteiger partial charge in [-0.3, -0.25) is 4.98 Å². The van der Waals surface area contributed by atoms with Gasteiger partial charge in [-0.2, -0.15) is 0 Å². The molecule has 0 radical (unpaired) electrons. The zero-order valence-corrected chi connectivity index (χ0v) is 11.0. The molecule has 90 valence electrons. The first-order valence-corrected chi connectivity index (χ1v) is 6.13. The molecule has 1 N–H and O–H groups in total. The third-order valence-electron chi connectivity index (χ3n) is 2.56. The van der Waals surface area contributed by atoms with Crippen molar-refractivity contribution in [1.29, 1.82) is 0 Å². The molecule has 1 rings (SSSR count). The van der Waals surface area contributed by atoms with Crippen molar-refractivity contribution in [2.75, 3.05) is 6.54 Å². The fraction of sp³-hybridized carbons (Fsp3) is 0.643. The Morgan fingerprint density at radius 3 is 2.62 bits per heavy atom. The van der Waals surface area contributed by atoms with E-state index in [0.717, 1.165) is 13.0 Å². The molecule has 0 bridgehead atoms. The number of hydrogen-bond acceptors (Lipinski definition) is 2. The van der Waals surface area contributed by atoms with Gasteiger partial charge in [0.25, 0.3) is 0 Å². The second kappa shape index (κ2) is 6.00. The summed E-state index contributed by atoms with van der Waals surface area (Å²) in [5, 5.41) is 3.56. The molecule has 0 aliphatic rings. The number of hydrogen-bond donors (Lipinski definition) is 1. The van der Waals surface area contributed by atoms with E-state index >= 15 is 0 Å². The van der Waals surface area contributed by atoms with Crippen LogP contribution in [0.25, 0.3) is 0 Å². The monoisotopic (exact) mass is 220 g/mol. The molecule has 1 atom stereocenters. The molecule has 0 saturated heterocycles. The summed E-state index contributed by atoms with van der Waals surface area (Å²) in [6.45, 7) is 10.1.